The molecule has 0 aliphatic carbocycles. The van der Waals surface area contributed by atoms with Crippen LogP contribution in [0.4, 0.5) is 5.69 Å². The standard InChI is InChI=1S/C20H22N2O2/c1-13-7-8-18(10-19(13)20-21-14(2)12-24-20)22-15(3)17-6-4-5-16(9-17)11-23/h4-10,12,15,22-23H,11H2,1-3H3. The molecule has 124 valence electrons. The van der Waals surface area contributed by atoms with Gasteiger partial charge in [-0.1, -0.05) is 30.3 Å². The van der Waals surface area contributed by atoms with Crippen molar-refractivity contribution in [3.05, 3.63) is 71.1 Å². The fourth-order valence-corrected chi connectivity index (χ4v) is 2.71. The first-order chi connectivity index (χ1) is 11.6. The van der Waals surface area contributed by atoms with Crippen LogP contribution in [0.1, 0.15) is 35.3 Å². The van der Waals surface area contributed by atoms with Crippen LogP contribution in [0.3, 0.4) is 0 Å². The lowest BCUT2D eigenvalue weighted by Crippen LogP contribution is -2.07. The van der Waals surface area contributed by atoms with E-state index in [2.05, 4.69) is 41.5 Å². The van der Waals surface area contributed by atoms with Gasteiger partial charge in [0.15, 0.2) is 0 Å². The van der Waals surface area contributed by atoms with Gasteiger partial charge in [0.2, 0.25) is 5.89 Å². The highest BCUT2D eigenvalue weighted by atomic mass is 16.3. The maximum absolute atomic E-state index is 9.29. The number of aliphatic hydroxyl groups excluding tert-OH is 1. The predicted molar refractivity (Wildman–Crippen MR) is 95.8 cm³/mol. The van der Waals surface area contributed by atoms with Gasteiger partial charge < -0.3 is 14.8 Å². The number of anilines is 1. The molecule has 1 unspecified atom stereocenters. The van der Waals surface area contributed by atoms with Gasteiger partial charge in [-0.25, -0.2) is 4.98 Å². The van der Waals surface area contributed by atoms with Crippen LogP contribution in [0.2, 0.25) is 0 Å². The summed E-state index contributed by atoms with van der Waals surface area (Å²) in [4.78, 5) is 4.42. The van der Waals surface area contributed by atoms with Crippen molar-refractivity contribution < 1.29 is 9.52 Å². The smallest absolute Gasteiger partial charge is 0.226 e. The zero-order valence-corrected chi connectivity index (χ0v) is 14.2. The van der Waals surface area contributed by atoms with Crippen LogP contribution in [0.5, 0.6) is 0 Å². The fraction of sp³-hybridized carbons (Fsp3) is 0.250. The molecule has 2 N–H and O–H groups in total. The monoisotopic (exact) mass is 322 g/mol. The van der Waals surface area contributed by atoms with Gasteiger partial charge in [0.25, 0.3) is 0 Å². The van der Waals surface area contributed by atoms with Gasteiger partial charge in [0, 0.05) is 17.3 Å². The zero-order valence-electron chi connectivity index (χ0n) is 14.2. The number of nitrogens with one attached hydrogen (secondary N) is 1. The third kappa shape index (κ3) is 3.49. The number of aliphatic hydroxyl groups is 1. The molecule has 0 aliphatic rings. The molecule has 0 fully saturated rings. The summed E-state index contributed by atoms with van der Waals surface area (Å²) >= 11 is 0. The number of benzene rings is 2. The Bertz CT molecular complexity index is 839. The third-order valence-electron chi connectivity index (χ3n) is 4.10. The van der Waals surface area contributed by atoms with E-state index in [1.165, 1.54) is 0 Å². The molecule has 0 saturated heterocycles. The highest BCUT2D eigenvalue weighted by molar-refractivity contribution is 5.65. The second-order valence-corrected chi connectivity index (χ2v) is 6.09. The second-order valence-electron chi connectivity index (χ2n) is 6.09. The van der Waals surface area contributed by atoms with Crippen molar-refractivity contribution in [1.29, 1.82) is 0 Å². The molecule has 4 heteroatoms. The van der Waals surface area contributed by atoms with Crippen molar-refractivity contribution in [3.63, 3.8) is 0 Å². The van der Waals surface area contributed by atoms with Crippen LogP contribution >= 0.6 is 0 Å². The van der Waals surface area contributed by atoms with Crippen molar-refractivity contribution in [2.45, 2.75) is 33.4 Å². The Labute approximate surface area is 142 Å². The molecular weight excluding hydrogens is 300 g/mol. The van der Waals surface area contributed by atoms with Gasteiger partial charge in [-0.3, -0.25) is 0 Å². The lowest BCUT2D eigenvalue weighted by molar-refractivity contribution is 0.281. The topological polar surface area (TPSA) is 58.3 Å². The first kappa shape index (κ1) is 16.3. The molecule has 1 heterocycles. The van der Waals surface area contributed by atoms with Crippen molar-refractivity contribution in [1.82, 2.24) is 4.98 Å². The summed E-state index contributed by atoms with van der Waals surface area (Å²) in [6, 6.07) is 14.3. The lowest BCUT2D eigenvalue weighted by Gasteiger charge is -2.17. The fourth-order valence-electron chi connectivity index (χ4n) is 2.71. The van der Waals surface area contributed by atoms with Crippen LogP contribution in [-0.2, 0) is 6.61 Å². The van der Waals surface area contributed by atoms with E-state index in [0.717, 1.165) is 33.6 Å². The summed E-state index contributed by atoms with van der Waals surface area (Å²) in [5.74, 6) is 0.642. The number of oxazole rings is 1. The van der Waals surface area contributed by atoms with Crippen LogP contribution in [0.15, 0.2) is 53.1 Å². The molecule has 4 nitrogen and oxygen atoms in total. The molecule has 1 aromatic heterocycles. The summed E-state index contributed by atoms with van der Waals surface area (Å²) < 4.78 is 5.54. The van der Waals surface area contributed by atoms with Crippen LogP contribution in [0, 0.1) is 13.8 Å². The molecule has 2 aromatic carbocycles. The van der Waals surface area contributed by atoms with E-state index < -0.39 is 0 Å². The van der Waals surface area contributed by atoms with Crippen LogP contribution in [-0.4, -0.2) is 10.1 Å². The quantitative estimate of drug-likeness (QED) is 0.719. The maximum atomic E-state index is 9.29. The van der Waals surface area contributed by atoms with Gasteiger partial charge in [0.05, 0.1) is 12.3 Å². The molecule has 3 aromatic rings. The van der Waals surface area contributed by atoms with E-state index in [4.69, 9.17) is 4.42 Å². The van der Waals surface area contributed by atoms with Crippen LogP contribution < -0.4 is 5.32 Å². The molecule has 0 saturated carbocycles. The summed E-state index contributed by atoms with van der Waals surface area (Å²) in [6.45, 7) is 6.12. The van der Waals surface area contributed by atoms with E-state index in [1.54, 1.807) is 6.26 Å². The van der Waals surface area contributed by atoms with Gasteiger partial charge in [-0.15, -0.1) is 0 Å². The average Bonchev–Trinajstić information content (AvgIpc) is 3.03. The van der Waals surface area contributed by atoms with Gasteiger partial charge in [0.1, 0.15) is 6.26 Å². The largest absolute Gasteiger partial charge is 0.444 e. The number of hydrogen-bond acceptors (Lipinski definition) is 4. The van der Waals surface area contributed by atoms with Crippen molar-refractivity contribution >= 4 is 5.69 Å². The number of aryl methyl sites for hydroxylation is 2. The lowest BCUT2D eigenvalue weighted by atomic mass is 10.0. The molecule has 0 amide bonds. The number of hydrogen-bond donors (Lipinski definition) is 2. The molecule has 1 atom stereocenters. The Morgan fingerprint density at radius 2 is 2.00 bits per heavy atom. The summed E-state index contributed by atoms with van der Waals surface area (Å²) in [5.41, 5.74) is 6.05. The van der Waals surface area contributed by atoms with Crippen molar-refractivity contribution in [3.8, 4) is 11.5 Å². The molecule has 0 spiro atoms. The molecule has 0 radical (unpaired) electrons. The third-order valence-corrected chi connectivity index (χ3v) is 4.10. The van der Waals surface area contributed by atoms with E-state index in [-0.39, 0.29) is 12.6 Å². The SMILES string of the molecule is Cc1coc(-c2cc(NC(C)c3cccc(CO)c3)ccc2C)n1. The van der Waals surface area contributed by atoms with Crippen molar-refractivity contribution in [2.24, 2.45) is 0 Å². The van der Waals surface area contributed by atoms with Gasteiger partial charge in [-0.05, 0) is 49.6 Å². The van der Waals surface area contributed by atoms with Gasteiger partial charge >= 0.3 is 0 Å². The maximum Gasteiger partial charge on any atom is 0.226 e. The van der Waals surface area contributed by atoms with E-state index in [1.807, 2.05) is 32.0 Å². The number of aromatic nitrogens is 1. The molecule has 0 bridgehead atoms. The average molecular weight is 322 g/mol. The molecule has 3 rings (SSSR count). The number of nitrogens with zero attached hydrogens (tertiary/aromatic N) is 1. The normalized spacial score (nSPS) is 12.2. The highest BCUT2D eigenvalue weighted by Crippen LogP contribution is 2.28. The van der Waals surface area contributed by atoms with Crippen LogP contribution in [0.25, 0.3) is 11.5 Å². The highest BCUT2D eigenvalue weighted by Gasteiger charge is 2.11. The Morgan fingerprint density at radius 3 is 2.71 bits per heavy atom. The van der Waals surface area contributed by atoms with E-state index in [9.17, 15) is 5.11 Å². The summed E-state index contributed by atoms with van der Waals surface area (Å²) in [7, 11) is 0. The first-order valence-electron chi connectivity index (χ1n) is 8.06. The number of rotatable bonds is 5. The molecule has 24 heavy (non-hydrogen) atoms. The Kier molecular flexibility index (Phi) is 4.67. The summed E-state index contributed by atoms with van der Waals surface area (Å²) in [5, 5.41) is 12.8. The van der Waals surface area contributed by atoms with Gasteiger partial charge in [-0.2, -0.15) is 0 Å². The van der Waals surface area contributed by atoms with Crippen molar-refractivity contribution in [2.75, 3.05) is 5.32 Å². The van der Waals surface area contributed by atoms with E-state index in [0.29, 0.717) is 5.89 Å². The minimum Gasteiger partial charge on any atom is -0.444 e. The minimum absolute atomic E-state index is 0.0543. The Morgan fingerprint density at radius 1 is 1.17 bits per heavy atom. The Hall–Kier alpha value is -2.59. The first-order valence-corrected chi connectivity index (χ1v) is 8.06. The zero-order chi connectivity index (χ0) is 17.1. The molecule has 0 aliphatic heterocycles. The molecular formula is C20H22N2O2. The minimum atomic E-state index is 0.0543. The summed E-state index contributed by atoms with van der Waals surface area (Å²) in [6.07, 6.45) is 1.66. The van der Waals surface area contributed by atoms with E-state index >= 15 is 0 Å². The Balaban J connectivity index is 1.84. The second kappa shape index (κ2) is 6.89. The predicted octanol–water partition coefficient (Wildman–Crippen LogP) is 4.62.